The summed E-state index contributed by atoms with van der Waals surface area (Å²) in [6, 6.07) is 6.04. The molecule has 0 spiro atoms. The van der Waals surface area contributed by atoms with Gasteiger partial charge in [-0.25, -0.2) is 0 Å². The van der Waals surface area contributed by atoms with Gasteiger partial charge < -0.3 is 15.5 Å². The number of nitrogens with one attached hydrogen (secondary N) is 1. The van der Waals surface area contributed by atoms with E-state index in [4.69, 9.17) is 10.5 Å². The Kier molecular flexibility index (Phi) is 2.40. The van der Waals surface area contributed by atoms with E-state index >= 15 is 0 Å². The van der Waals surface area contributed by atoms with E-state index in [0.717, 1.165) is 22.3 Å². The van der Waals surface area contributed by atoms with Crippen molar-refractivity contribution in [3.8, 4) is 5.75 Å². The Labute approximate surface area is 89.2 Å². The number of aromatic amines is 1. The fraction of sp³-hybridized carbons (Fsp3) is 0.333. The Morgan fingerprint density at radius 3 is 2.73 bits per heavy atom. The zero-order valence-corrected chi connectivity index (χ0v) is 9.29. The SMILES string of the molecule is COc1cccc2c(C(C)N)c(C)[nH]c12. The van der Waals surface area contributed by atoms with Crippen molar-refractivity contribution in [1.82, 2.24) is 4.98 Å². The van der Waals surface area contributed by atoms with E-state index in [2.05, 4.69) is 11.1 Å². The lowest BCUT2D eigenvalue weighted by Gasteiger charge is -2.05. The Balaban J connectivity index is 2.78. The molecule has 1 unspecified atom stereocenters. The second-order valence-corrected chi connectivity index (χ2v) is 3.84. The maximum Gasteiger partial charge on any atom is 0.142 e. The highest BCUT2D eigenvalue weighted by atomic mass is 16.5. The number of rotatable bonds is 2. The maximum atomic E-state index is 5.96. The first-order valence-electron chi connectivity index (χ1n) is 5.06. The number of nitrogens with two attached hydrogens (primary N) is 1. The molecule has 3 heteroatoms. The van der Waals surface area contributed by atoms with Crippen LogP contribution in [0.3, 0.4) is 0 Å². The van der Waals surface area contributed by atoms with Crippen LogP contribution in [-0.4, -0.2) is 12.1 Å². The molecule has 1 aromatic carbocycles. The second kappa shape index (κ2) is 3.59. The third kappa shape index (κ3) is 1.49. The number of para-hydroxylation sites is 1. The molecule has 3 nitrogen and oxygen atoms in total. The Morgan fingerprint density at radius 2 is 2.13 bits per heavy atom. The topological polar surface area (TPSA) is 51.0 Å². The molecule has 0 radical (unpaired) electrons. The van der Waals surface area contributed by atoms with Crippen molar-refractivity contribution in [3.05, 3.63) is 29.5 Å². The summed E-state index contributed by atoms with van der Waals surface area (Å²) in [6.45, 7) is 4.03. The van der Waals surface area contributed by atoms with E-state index < -0.39 is 0 Å². The van der Waals surface area contributed by atoms with Crippen LogP contribution in [0.15, 0.2) is 18.2 Å². The molecule has 0 amide bonds. The monoisotopic (exact) mass is 204 g/mol. The van der Waals surface area contributed by atoms with Gasteiger partial charge in [-0.3, -0.25) is 0 Å². The molecule has 1 heterocycles. The molecule has 1 aromatic heterocycles. The van der Waals surface area contributed by atoms with Gasteiger partial charge in [-0.15, -0.1) is 0 Å². The van der Waals surface area contributed by atoms with Crippen molar-refractivity contribution >= 4 is 10.9 Å². The summed E-state index contributed by atoms with van der Waals surface area (Å²) < 4.78 is 5.30. The molecule has 0 saturated heterocycles. The number of H-pyrrole nitrogens is 1. The van der Waals surface area contributed by atoms with E-state index in [9.17, 15) is 0 Å². The quantitative estimate of drug-likeness (QED) is 0.789. The Hall–Kier alpha value is -1.48. The third-order valence-corrected chi connectivity index (χ3v) is 2.71. The first-order chi connectivity index (χ1) is 7.15. The molecule has 0 aliphatic heterocycles. The van der Waals surface area contributed by atoms with Gasteiger partial charge in [-0.1, -0.05) is 12.1 Å². The largest absolute Gasteiger partial charge is 0.495 e. The average Bonchev–Trinajstić information content (AvgIpc) is 2.53. The summed E-state index contributed by atoms with van der Waals surface area (Å²) in [5.74, 6) is 0.863. The number of aromatic nitrogens is 1. The standard InChI is InChI=1S/C12H16N2O/c1-7(13)11-8(2)14-12-9(11)5-4-6-10(12)15-3/h4-7,14H,13H2,1-3H3. The van der Waals surface area contributed by atoms with Gasteiger partial charge in [0.15, 0.2) is 0 Å². The van der Waals surface area contributed by atoms with Crippen LogP contribution in [0, 0.1) is 6.92 Å². The number of methoxy groups -OCH3 is 1. The van der Waals surface area contributed by atoms with Gasteiger partial charge in [-0.2, -0.15) is 0 Å². The molecule has 1 atom stereocenters. The summed E-state index contributed by atoms with van der Waals surface area (Å²) in [4.78, 5) is 3.32. The van der Waals surface area contributed by atoms with Gasteiger partial charge in [-0.05, 0) is 25.5 Å². The lowest BCUT2D eigenvalue weighted by atomic mass is 10.1. The number of ether oxygens (including phenoxy) is 1. The maximum absolute atomic E-state index is 5.96. The molecule has 0 saturated carbocycles. The van der Waals surface area contributed by atoms with Crippen molar-refractivity contribution in [3.63, 3.8) is 0 Å². The van der Waals surface area contributed by atoms with Crippen LogP contribution < -0.4 is 10.5 Å². The lowest BCUT2D eigenvalue weighted by molar-refractivity contribution is 0.419. The van der Waals surface area contributed by atoms with Gasteiger partial charge in [0.05, 0.1) is 12.6 Å². The molecule has 0 bridgehead atoms. The van der Waals surface area contributed by atoms with Crippen molar-refractivity contribution in [1.29, 1.82) is 0 Å². The molecule has 2 aromatic rings. The second-order valence-electron chi connectivity index (χ2n) is 3.84. The van der Waals surface area contributed by atoms with Crippen molar-refractivity contribution in [2.75, 3.05) is 7.11 Å². The summed E-state index contributed by atoms with van der Waals surface area (Å²) in [6.07, 6.45) is 0. The summed E-state index contributed by atoms with van der Waals surface area (Å²) in [7, 11) is 1.68. The minimum Gasteiger partial charge on any atom is -0.495 e. The first kappa shape index (κ1) is 10.1. The van der Waals surface area contributed by atoms with Crippen LogP contribution in [0.5, 0.6) is 5.75 Å². The molecule has 2 rings (SSSR count). The lowest BCUT2D eigenvalue weighted by Crippen LogP contribution is -2.05. The van der Waals surface area contributed by atoms with Crippen LogP contribution in [0.1, 0.15) is 24.2 Å². The van der Waals surface area contributed by atoms with Crippen LogP contribution in [0.25, 0.3) is 10.9 Å². The predicted molar refractivity (Wildman–Crippen MR) is 62.2 cm³/mol. The minimum absolute atomic E-state index is 0.0332. The number of hydrogen-bond acceptors (Lipinski definition) is 2. The van der Waals surface area contributed by atoms with E-state index in [0.29, 0.717) is 0 Å². The van der Waals surface area contributed by atoms with Gasteiger partial charge in [0.2, 0.25) is 0 Å². The summed E-state index contributed by atoms with van der Waals surface area (Å²) >= 11 is 0. The molecule has 0 aliphatic carbocycles. The van der Waals surface area contributed by atoms with E-state index in [1.165, 1.54) is 5.56 Å². The number of hydrogen-bond donors (Lipinski definition) is 2. The van der Waals surface area contributed by atoms with Crippen LogP contribution in [-0.2, 0) is 0 Å². The highest BCUT2D eigenvalue weighted by Gasteiger charge is 2.13. The zero-order chi connectivity index (χ0) is 11.0. The van der Waals surface area contributed by atoms with Gasteiger partial charge in [0.25, 0.3) is 0 Å². The highest BCUT2D eigenvalue weighted by Crippen LogP contribution is 2.31. The van der Waals surface area contributed by atoms with Crippen molar-refractivity contribution in [2.24, 2.45) is 5.73 Å². The number of aryl methyl sites for hydroxylation is 1. The zero-order valence-electron chi connectivity index (χ0n) is 9.29. The number of fused-ring (bicyclic) bond motifs is 1. The average molecular weight is 204 g/mol. The van der Waals surface area contributed by atoms with E-state index in [-0.39, 0.29) is 6.04 Å². The van der Waals surface area contributed by atoms with Crippen molar-refractivity contribution in [2.45, 2.75) is 19.9 Å². The molecule has 3 N–H and O–H groups in total. The summed E-state index contributed by atoms with van der Waals surface area (Å²) in [5, 5.41) is 1.15. The number of benzene rings is 1. The fourth-order valence-electron chi connectivity index (χ4n) is 2.10. The van der Waals surface area contributed by atoms with E-state index in [1.54, 1.807) is 7.11 Å². The normalized spacial score (nSPS) is 13.1. The Morgan fingerprint density at radius 1 is 1.40 bits per heavy atom. The minimum atomic E-state index is 0.0332. The molecule has 0 aliphatic rings. The Bertz CT molecular complexity index is 486. The van der Waals surface area contributed by atoms with Crippen molar-refractivity contribution < 1.29 is 4.74 Å². The van der Waals surface area contributed by atoms with Gasteiger partial charge in [0, 0.05) is 17.1 Å². The first-order valence-corrected chi connectivity index (χ1v) is 5.06. The molecule has 15 heavy (non-hydrogen) atoms. The van der Waals surface area contributed by atoms with Gasteiger partial charge >= 0.3 is 0 Å². The molecule has 80 valence electrons. The van der Waals surface area contributed by atoms with Crippen LogP contribution in [0.2, 0.25) is 0 Å². The predicted octanol–water partition coefficient (Wildman–Crippen LogP) is 2.50. The molecular weight excluding hydrogens is 188 g/mol. The summed E-state index contributed by atoms with van der Waals surface area (Å²) in [5.41, 5.74) is 9.27. The molecular formula is C12H16N2O. The molecule has 0 fully saturated rings. The van der Waals surface area contributed by atoms with Crippen LogP contribution >= 0.6 is 0 Å². The van der Waals surface area contributed by atoms with Gasteiger partial charge in [0.1, 0.15) is 5.75 Å². The smallest absolute Gasteiger partial charge is 0.142 e. The van der Waals surface area contributed by atoms with Crippen LogP contribution in [0.4, 0.5) is 0 Å². The van der Waals surface area contributed by atoms with E-state index in [1.807, 2.05) is 26.0 Å². The highest BCUT2D eigenvalue weighted by molar-refractivity contribution is 5.89. The fourth-order valence-corrected chi connectivity index (χ4v) is 2.10. The third-order valence-electron chi connectivity index (χ3n) is 2.71.